The predicted octanol–water partition coefficient (Wildman–Crippen LogP) is 4.33. The van der Waals surface area contributed by atoms with Gasteiger partial charge in [-0.3, -0.25) is 0 Å². The normalized spacial score (nSPS) is 24.3. The van der Waals surface area contributed by atoms with E-state index in [4.69, 9.17) is 14.2 Å². The van der Waals surface area contributed by atoms with Crippen LogP contribution in [0.2, 0.25) is 0 Å². The maximum absolute atomic E-state index is 15.0. The maximum Gasteiger partial charge on any atom is 0.193 e. The molecule has 0 amide bonds. The minimum absolute atomic E-state index is 0.198. The summed E-state index contributed by atoms with van der Waals surface area (Å²) in [5.74, 6) is -0.0755. The van der Waals surface area contributed by atoms with Crippen LogP contribution in [0.5, 0.6) is 5.88 Å². The molecule has 2 aromatic heterocycles. The number of alkyl halides is 1. The molecule has 2 aliphatic heterocycles. The lowest BCUT2D eigenvalue weighted by molar-refractivity contribution is 0.00794. The highest BCUT2D eigenvalue weighted by molar-refractivity contribution is 7.93. The first-order chi connectivity index (χ1) is 18.4. The standard InChI is InChI=1S/C27H25F2N3O5S/c1-30-38(34,14-28)18-8-6-16(7-9-18)15-2-4-17(5-3-15)25-19(29)10-20-21(32-25)11-24(31-20)37-23-13-36-26-22(33)12-35-27(23)26/h2-11,22-23,26-27,31,33H,12-14H2,1H3/t22-,23-,26-,27-,38?/m1/s1. The molecular weight excluding hydrogens is 516 g/mol. The van der Waals surface area contributed by atoms with E-state index in [1.54, 1.807) is 42.5 Å². The second-order valence-electron chi connectivity index (χ2n) is 9.24. The third-order valence-corrected chi connectivity index (χ3v) is 8.84. The Balaban J connectivity index is 1.22. The Labute approximate surface area is 217 Å². The summed E-state index contributed by atoms with van der Waals surface area (Å²) in [7, 11) is -1.70. The van der Waals surface area contributed by atoms with Crippen LogP contribution in [-0.2, 0) is 19.2 Å². The summed E-state index contributed by atoms with van der Waals surface area (Å²) in [6.45, 7) is 0.491. The Morgan fingerprint density at radius 1 is 1.05 bits per heavy atom. The Morgan fingerprint density at radius 2 is 1.71 bits per heavy atom. The molecule has 6 rings (SSSR count). The lowest BCUT2D eigenvalue weighted by Crippen LogP contribution is -2.34. The molecule has 0 bridgehead atoms. The van der Waals surface area contributed by atoms with Gasteiger partial charge in [-0.05, 0) is 23.3 Å². The van der Waals surface area contributed by atoms with Crippen molar-refractivity contribution in [2.75, 3.05) is 26.3 Å². The van der Waals surface area contributed by atoms with Crippen molar-refractivity contribution in [1.29, 1.82) is 0 Å². The Hall–Kier alpha value is -3.38. The molecule has 0 aliphatic carbocycles. The molecule has 2 aromatic carbocycles. The van der Waals surface area contributed by atoms with Crippen LogP contribution in [0.15, 0.2) is 69.9 Å². The van der Waals surface area contributed by atoms with Crippen LogP contribution in [0, 0.1) is 5.82 Å². The van der Waals surface area contributed by atoms with Gasteiger partial charge < -0.3 is 24.3 Å². The number of hydrogen-bond acceptors (Lipinski definition) is 7. The van der Waals surface area contributed by atoms with Crippen molar-refractivity contribution in [3.8, 4) is 28.3 Å². The van der Waals surface area contributed by atoms with E-state index in [-0.39, 0.29) is 25.0 Å². The van der Waals surface area contributed by atoms with Crippen LogP contribution in [0.1, 0.15) is 0 Å². The number of pyridine rings is 1. The number of nitrogens with one attached hydrogen (secondary N) is 1. The first-order valence-electron chi connectivity index (χ1n) is 12.1. The molecule has 2 N–H and O–H groups in total. The molecule has 38 heavy (non-hydrogen) atoms. The quantitative estimate of drug-likeness (QED) is 0.377. The zero-order valence-electron chi connectivity index (χ0n) is 20.3. The molecule has 2 fully saturated rings. The number of aliphatic hydroxyl groups is 1. The first-order valence-corrected chi connectivity index (χ1v) is 13.7. The largest absolute Gasteiger partial charge is 0.470 e. The number of halogens is 2. The summed E-state index contributed by atoms with van der Waals surface area (Å²) in [5.41, 5.74) is 3.52. The number of benzene rings is 2. The van der Waals surface area contributed by atoms with Gasteiger partial charge in [0.25, 0.3) is 0 Å². The summed E-state index contributed by atoms with van der Waals surface area (Å²) in [4.78, 5) is 7.89. The summed E-state index contributed by atoms with van der Waals surface area (Å²) < 4.78 is 61.6. The van der Waals surface area contributed by atoms with Gasteiger partial charge in [0, 0.05) is 24.7 Å². The lowest BCUT2D eigenvalue weighted by Gasteiger charge is -2.16. The molecule has 11 heteroatoms. The van der Waals surface area contributed by atoms with E-state index in [9.17, 15) is 13.7 Å². The molecule has 198 valence electrons. The smallest absolute Gasteiger partial charge is 0.193 e. The van der Waals surface area contributed by atoms with Crippen LogP contribution >= 0.6 is 0 Å². The van der Waals surface area contributed by atoms with Crippen LogP contribution in [0.4, 0.5) is 8.78 Å². The van der Waals surface area contributed by atoms with Crippen molar-refractivity contribution in [3.05, 3.63) is 66.5 Å². The number of nitrogens with zero attached hydrogens (tertiary/aromatic N) is 2. The summed E-state index contributed by atoms with van der Waals surface area (Å²) in [6.07, 6.45) is -1.83. The molecule has 0 saturated carbocycles. The molecule has 0 spiro atoms. The van der Waals surface area contributed by atoms with Crippen LogP contribution in [0.3, 0.4) is 0 Å². The van der Waals surface area contributed by atoms with Crippen LogP contribution < -0.4 is 4.74 Å². The molecule has 2 aliphatic rings. The van der Waals surface area contributed by atoms with Gasteiger partial charge in [0.05, 0.1) is 29.1 Å². The Kier molecular flexibility index (Phi) is 6.39. The molecule has 2 saturated heterocycles. The third kappa shape index (κ3) is 4.35. The van der Waals surface area contributed by atoms with Crippen LogP contribution in [0.25, 0.3) is 33.4 Å². The average molecular weight is 542 g/mol. The number of aliphatic hydroxyl groups excluding tert-OH is 1. The fourth-order valence-corrected chi connectivity index (χ4v) is 5.87. The number of aromatic nitrogens is 2. The number of hydrogen-bond donors (Lipinski definition) is 2. The fourth-order valence-electron chi connectivity index (χ4n) is 4.88. The van der Waals surface area contributed by atoms with Gasteiger partial charge in [0.2, 0.25) is 0 Å². The number of H-pyrrole nitrogens is 1. The van der Waals surface area contributed by atoms with E-state index in [2.05, 4.69) is 14.3 Å². The summed E-state index contributed by atoms with van der Waals surface area (Å²) in [5, 5.41) is 9.92. The Morgan fingerprint density at radius 3 is 2.39 bits per heavy atom. The van der Waals surface area contributed by atoms with E-state index in [1.165, 1.54) is 13.1 Å². The van der Waals surface area contributed by atoms with E-state index in [1.807, 2.05) is 12.1 Å². The second-order valence-corrected chi connectivity index (χ2v) is 11.6. The minimum atomic E-state index is -3.04. The van der Waals surface area contributed by atoms with E-state index >= 15 is 4.39 Å². The fraction of sp³-hybridized carbons (Fsp3) is 0.296. The van der Waals surface area contributed by atoms with E-state index < -0.39 is 39.9 Å². The van der Waals surface area contributed by atoms with Gasteiger partial charge in [-0.2, -0.15) is 0 Å². The van der Waals surface area contributed by atoms with Gasteiger partial charge in [-0.1, -0.05) is 36.4 Å². The van der Waals surface area contributed by atoms with Crippen LogP contribution in [-0.4, -0.2) is 70.0 Å². The molecule has 4 heterocycles. The van der Waals surface area contributed by atoms with Gasteiger partial charge in [0.1, 0.15) is 33.7 Å². The van der Waals surface area contributed by atoms with Crippen molar-refractivity contribution in [2.24, 2.45) is 4.36 Å². The highest BCUT2D eigenvalue weighted by Gasteiger charge is 2.48. The number of fused-ring (bicyclic) bond motifs is 2. The monoisotopic (exact) mass is 541 g/mol. The van der Waals surface area contributed by atoms with Gasteiger partial charge in [-0.15, -0.1) is 0 Å². The van der Waals surface area contributed by atoms with Crippen molar-refractivity contribution in [1.82, 2.24) is 9.97 Å². The number of ether oxygens (including phenoxy) is 3. The van der Waals surface area contributed by atoms with Crippen molar-refractivity contribution >= 4 is 20.8 Å². The molecule has 0 radical (unpaired) electrons. The minimum Gasteiger partial charge on any atom is -0.470 e. The lowest BCUT2D eigenvalue weighted by atomic mass is 10.0. The molecular formula is C27H25F2N3O5S. The van der Waals surface area contributed by atoms with Gasteiger partial charge in [0.15, 0.2) is 23.8 Å². The SMILES string of the molecule is CN=S(=O)(CF)c1ccc(-c2ccc(-c3nc4cc(O[C@@H]5CO[C@H]6[C@@H]5OC[C@H]6O)[nH]c4cc3F)cc2)cc1. The highest BCUT2D eigenvalue weighted by Crippen LogP contribution is 2.32. The summed E-state index contributed by atoms with van der Waals surface area (Å²) in [6, 6.07) is 16.0. The van der Waals surface area contributed by atoms with Crippen molar-refractivity contribution in [3.63, 3.8) is 0 Å². The topological polar surface area (TPSA) is 106 Å². The number of aromatic amines is 1. The predicted molar refractivity (Wildman–Crippen MR) is 138 cm³/mol. The van der Waals surface area contributed by atoms with Crippen molar-refractivity contribution in [2.45, 2.75) is 29.3 Å². The molecule has 4 aromatic rings. The maximum atomic E-state index is 15.0. The molecule has 5 atom stereocenters. The van der Waals surface area contributed by atoms with E-state index in [0.29, 0.717) is 27.4 Å². The Bertz CT molecular complexity index is 1600. The summed E-state index contributed by atoms with van der Waals surface area (Å²) >= 11 is 0. The third-order valence-electron chi connectivity index (χ3n) is 6.95. The van der Waals surface area contributed by atoms with Gasteiger partial charge in [-0.25, -0.2) is 22.3 Å². The zero-order valence-corrected chi connectivity index (χ0v) is 21.2. The average Bonchev–Trinajstić information content (AvgIpc) is 3.64. The van der Waals surface area contributed by atoms with E-state index in [0.717, 1.165) is 11.1 Å². The second kappa shape index (κ2) is 9.73. The molecule has 8 nitrogen and oxygen atoms in total. The van der Waals surface area contributed by atoms with Crippen molar-refractivity contribution < 1.29 is 32.3 Å². The van der Waals surface area contributed by atoms with Gasteiger partial charge >= 0.3 is 0 Å². The number of rotatable bonds is 6. The molecule has 1 unspecified atom stereocenters. The highest BCUT2D eigenvalue weighted by atomic mass is 32.2. The zero-order chi connectivity index (χ0) is 26.4. The first kappa shape index (κ1) is 24.9.